The summed E-state index contributed by atoms with van der Waals surface area (Å²) in [4.78, 5) is 22.8. The summed E-state index contributed by atoms with van der Waals surface area (Å²) in [7, 11) is 0. The van der Waals surface area contributed by atoms with Crippen LogP contribution in [0, 0.1) is 11.8 Å². The number of Topliss-reactive ketones (excluding diaryl/α,β-unsaturated/α-hetero) is 1. The van der Waals surface area contributed by atoms with E-state index < -0.39 is 12.0 Å². The average molecular weight is 273 g/mol. The molecule has 1 aliphatic carbocycles. The first-order valence-corrected chi connectivity index (χ1v) is 7.37. The molecule has 0 saturated heterocycles. The van der Waals surface area contributed by atoms with Crippen LogP contribution in [0.25, 0.3) is 0 Å². The SMILES string of the molecule is C[C@@H]1CC[C@@H](C(C)(C)SC[C@H](N)C(=O)O)C(=O)C1. The molecular weight excluding hydrogens is 250 g/mol. The van der Waals surface area contributed by atoms with Crippen molar-refractivity contribution in [1.82, 2.24) is 0 Å². The number of carboxylic acid groups (broad SMARTS) is 1. The number of nitrogens with two attached hydrogens (primary N) is 1. The zero-order chi connectivity index (χ0) is 13.9. The lowest BCUT2D eigenvalue weighted by atomic mass is 9.76. The fourth-order valence-electron chi connectivity index (χ4n) is 2.41. The van der Waals surface area contributed by atoms with Crippen LogP contribution in [0.4, 0.5) is 0 Å². The predicted molar refractivity (Wildman–Crippen MR) is 73.7 cm³/mol. The fourth-order valence-corrected chi connectivity index (χ4v) is 3.61. The summed E-state index contributed by atoms with van der Waals surface area (Å²) in [5.74, 6) is 0.189. The maximum Gasteiger partial charge on any atom is 0.321 e. The van der Waals surface area contributed by atoms with E-state index in [0.29, 0.717) is 23.9 Å². The minimum absolute atomic E-state index is 0.0275. The van der Waals surface area contributed by atoms with Gasteiger partial charge in [0, 0.05) is 22.8 Å². The summed E-state index contributed by atoms with van der Waals surface area (Å²) in [6, 6.07) is -0.855. The van der Waals surface area contributed by atoms with E-state index in [1.807, 2.05) is 13.8 Å². The molecule has 0 aromatic carbocycles. The third-order valence-electron chi connectivity index (χ3n) is 3.68. The second-order valence-electron chi connectivity index (χ2n) is 5.76. The minimum Gasteiger partial charge on any atom is -0.480 e. The normalized spacial score (nSPS) is 27.0. The van der Waals surface area contributed by atoms with Crippen molar-refractivity contribution in [1.29, 1.82) is 0 Å². The smallest absolute Gasteiger partial charge is 0.321 e. The number of carboxylic acids is 1. The first-order valence-electron chi connectivity index (χ1n) is 6.39. The van der Waals surface area contributed by atoms with Gasteiger partial charge in [-0.2, -0.15) is 11.8 Å². The molecule has 104 valence electrons. The van der Waals surface area contributed by atoms with E-state index in [9.17, 15) is 9.59 Å². The highest BCUT2D eigenvalue weighted by atomic mass is 32.2. The van der Waals surface area contributed by atoms with Crippen LogP contribution in [0.3, 0.4) is 0 Å². The molecule has 0 spiro atoms. The van der Waals surface area contributed by atoms with E-state index in [1.54, 1.807) is 0 Å². The van der Waals surface area contributed by atoms with E-state index in [-0.39, 0.29) is 10.7 Å². The monoisotopic (exact) mass is 273 g/mol. The van der Waals surface area contributed by atoms with Gasteiger partial charge in [-0.25, -0.2) is 0 Å². The van der Waals surface area contributed by atoms with Crippen molar-refractivity contribution in [2.45, 2.75) is 50.8 Å². The summed E-state index contributed by atoms with van der Waals surface area (Å²) < 4.78 is -0.232. The number of aliphatic carboxylic acids is 1. The number of hydrogen-bond acceptors (Lipinski definition) is 4. The summed E-state index contributed by atoms with van der Waals surface area (Å²) in [5.41, 5.74) is 5.50. The lowest BCUT2D eigenvalue weighted by Crippen LogP contribution is -2.40. The third kappa shape index (κ3) is 3.99. The first kappa shape index (κ1) is 15.5. The fraction of sp³-hybridized carbons (Fsp3) is 0.846. The summed E-state index contributed by atoms with van der Waals surface area (Å²) >= 11 is 1.50. The van der Waals surface area contributed by atoms with Gasteiger partial charge in [0.15, 0.2) is 0 Å². The molecule has 0 aromatic rings. The number of ketones is 1. The molecule has 18 heavy (non-hydrogen) atoms. The van der Waals surface area contributed by atoms with Crippen molar-refractivity contribution in [3.63, 3.8) is 0 Å². The lowest BCUT2D eigenvalue weighted by molar-refractivity contribution is -0.137. The molecule has 1 saturated carbocycles. The third-order valence-corrected chi connectivity index (χ3v) is 5.23. The molecular formula is C13H23NO3S. The molecule has 0 amide bonds. The van der Waals surface area contributed by atoms with Gasteiger partial charge in [-0.05, 0) is 32.6 Å². The standard InChI is InChI=1S/C13H23NO3S/c1-8-4-5-9(11(15)6-8)13(2,3)18-7-10(14)12(16)17/h8-10H,4-7,14H2,1-3H3,(H,16,17)/t8-,9-,10+/m1/s1. The van der Waals surface area contributed by atoms with Gasteiger partial charge in [0.2, 0.25) is 0 Å². The molecule has 0 bridgehead atoms. The number of carbonyl (C=O) groups is 2. The van der Waals surface area contributed by atoms with Crippen LogP contribution in [0.15, 0.2) is 0 Å². The maximum atomic E-state index is 12.1. The largest absolute Gasteiger partial charge is 0.480 e. The zero-order valence-corrected chi connectivity index (χ0v) is 12.1. The molecule has 0 unspecified atom stereocenters. The van der Waals surface area contributed by atoms with Crippen molar-refractivity contribution in [3.05, 3.63) is 0 Å². The first-order chi connectivity index (χ1) is 8.24. The molecule has 1 aliphatic rings. The van der Waals surface area contributed by atoms with Gasteiger partial charge in [-0.1, -0.05) is 6.92 Å². The Morgan fingerprint density at radius 2 is 2.17 bits per heavy atom. The molecule has 0 aromatic heterocycles. The summed E-state index contributed by atoms with van der Waals surface area (Å²) in [6.45, 7) is 6.14. The van der Waals surface area contributed by atoms with Gasteiger partial charge in [0.05, 0.1) is 0 Å². The highest BCUT2D eigenvalue weighted by Crippen LogP contribution is 2.40. The molecule has 3 N–H and O–H groups in total. The van der Waals surface area contributed by atoms with Gasteiger partial charge < -0.3 is 10.8 Å². The number of rotatable bonds is 5. The van der Waals surface area contributed by atoms with Gasteiger partial charge in [0.1, 0.15) is 11.8 Å². The predicted octanol–water partition coefficient (Wildman–Crippen LogP) is 1.92. The van der Waals surface area contributed by atoms with Gasteiger partial charge in [0.25, 0.3) is 0 Å². The molecule has 4 nitrogen and oxygen atoms in total. The van der Waals surface area contributed by atoms with Gasteiger partial charge in [-0.15, -0.1) is 0 Å². The van der Waals surface area contributed by atoms with Crippen LogP contribution < -0.4 is 5.73 Å². The highest BCUT2D eigenvalue weighted by Gasteiger charge is 2.38. The van der Waals surface area contributed by atoms with E-state index in [1.165, 1.54) is 11.8 Å². The Hall–Kier alpha value is -0.550. The molecule has 5 heteroatoms. The van der Waals surface area contributed by atoms with Gasteiger partial charge in [-0.3, -0.25) is 9.59 Å². The number of carbonyl (C=O) groups excluding carboxylic acids is 1. The highest BCUT2D eigenvalue weighted by molar-refractivity contribution is 8.00. The molecule has 3 atom stereocenters. The topological polar surface area (TPSA) is 80.4 Å². The molecule has 1 fully saturated rings. The molecule has 0 radical (unpaired) electrons. The Kier molecular flexibility index (Phi) is 5.22. The van der Waals surface area contributed by atoms with E-state index in [4.69, 9.17) is 10.8 Å². The second-order valence-corrected chi connectivity index (χ2v) is 7.44. The van der Waals surface area contributed by atoms with Crippen molar-refractivity contribution < 1.29 is 14.7 Å². The Balaban J connectivity index is 2.57. The average Bonchev–Trinajstić information content (AvgIpc) is 2.25. The number of hydrogen-bond donors (Lipinski definition) is 2. The van der Waals surface area contributed by atoms with Crippen molar-refractivity contribution >= 4 is 23.5 Å². The van der Waals surface area contributed by atoms with Crippen LogP contribution in [0.2, 0.25) is 0 Å². The molecule has 0 heterocycles. The summed E-state index contributed by atoms with van der Waals surface area (Å²) in [6.07, 6.45) is 2.63. The Labute approximate surface area is 113 Å². The van der Waals surface area contributed by atoms with Crippen molar-refractivity contribution in [3.8, 4) is 0 Å². The maximum absolute atomic E-state index is 12.1. The molecule has 1 rings (SSSR count). The van der Waals surface area contributed by atoms with Crippen LogP contribution in [0.1, 0.15) is 40.0 Å². The van der Waals surface area contributed by atoms with Crippen molar-refractivity contribution in [2.24, 2.45) is 17.6 Å². The van der Waals surface area contributed by atoms with Crippen LogP contribution >= 0.6 is 11.8 Å². The van der Waals surface area contributed by atoms with E-state index in [2.05, 4.69) is 6.92 Å². The van der Waals surface area contributed by atoms with E-state index in [0.717, 1.165) is 12.8 Å². The quantitative estimate of drug-likeness (QED) is 0.800. The number of thioether (sulfide) groups is 1. The van der Waals surface area contributed by atoms with Crippen LogP contribution in [-0.2, 0) is 9.59 Å². The Bertz CT molecular complexity index is 330. The lowest BCUT2D eigenvalue weighted by Gasteiger charge is -2.37. The van der Waals surface area contributed by atoms with Crippen LogP contribution in [0.5, 0.6) is 0 Å². The van der Waals surface area contributed by atoms with Crippen molar-refractivity contribution in [2.75, 3.05) is 5.75 Å². The molecule has 0 aliphatic heterocycles. The van der Waals surface area contributed by atoms with Gasteiger partial charge >= 0.3 is 5.97 Å². The Morgan fingerprint density at radius 3 is 2.67 bits per heavy atom. The summed E-state index contributed by atoms with van der Waals surface area (Å²) in [5, 5.41) is 8.77. The minimum atomic E-state index is -0.984. The Morgan fingerprint density at radius 1 is 1.56 bits per heavy atom. The van der Waals surface area contributed by atoms with Crippen LogP contribution in [-0.4, -0.2) is 33.4 Å². The van der Waals surface area contributed by atoms with E-state index >= 15 is 0 Å². The second kappa shape index (κ2) is 6.06. The zero-order valence-electron chi connectivity index (χ0n) is 11.3.